The number of aromatic nitrogens is 1. The number of rotatable bonds is 5. The molecule has 0 saturated carbocycles. The van der Waals surface area contributed by atoms with Gasteiger partial charge in [-0.1, -0.05) is 12.1 Å². The number of anilines is 1. The summed E-state index contributed by atoms with van der Waals surface area (Å²) in [5, 5.41) is 3.51. The zero-order chi connectivity index (χ0) is 34.1. The molecule has 9 nitrogen and oxygen atoms in total. The van der Waals surface area contributed by atoms with Crippen molar-refractivity contribution in [1.82, 2.24) is 15.2 Å². The number of carbonyl (C=O) groups excluding carboxylic acids is 2. The minimum absolute atomic E-state index is 0.0228. The van der Waals surface area contributed by atoms with Gasteiger partial charge in [0.05, 0.1) is 28.6 Å². The van der Waals surface area contributed by atoms with Gasteiger partial charge in [0.1, 0.15) is 22.9 Å². The van der Waals surface area contributed by atoms with E-state index in [2.05, 4.69) is 10.3 Å². The van der Waals surface area contributed by atoms with Gasteiger partial charge in [-0.3, -0.25) is 13.9 Å². The Morgan fingerprint density at radius 3 is 2.28 bits per heavy atom. The van der Waals surface area contributed by atoms with E-state index in [0.717, 1.165) is 35.9 Å². The molecule has 1 aliphatic heterocycles. The number of amides is 2. The molecule has 2 amide bonds. The lowest BCUT2D eigenvalue weighted by Crippen LogP contribution is -2.35. The molecule has 0 radical (unpaired) electrons. The maximum absolute atomic E-state index is 13.2. The zero-order valence-electron chi connectivity index (χ0n) is 25.7. The summed E-state index contributed by atoms with van der Waals surface area (Å²) >= 11 is 0. The maximum Gasteiger partial charge on any atom is 0.418 e. The number of aromatic amines is 1. The van der Waals surface area contributed by atoms with Crippen LogP contribution in [0.1, 0.15) is 45.7 Å². The summed E-state index contributed by atoms with van der Waals surface area (Å²) in [6.45, 7) is 1.33. The van der Waals surface area contributed by atoms with Crippen LogP contribution in [0.4, 0.5) is 23.2 Å². The Morgan fingerprint density at radius 1 is 0.979 bits per heavy atom. The minimum Gasteiger partial charge on any atom is -0.455 e. The monoisotopic (exact) mass is 672 g/mol. The Labute approximate surface area is 268 Å². The number of hydrogen-bond donors (Lipinski definition) is 2. The molecule has 2 aromatic heterocycles. The van der Waals surface area contributed by atoms with Crippen molar-refractivity contribution >= 4 is 49.4 Å². The highest BCUT2D eigenvalue weighted by Gasteiger charge is 2.33. The normalized spacial score (nSPS) is 13.7. The van der Waals surface area contributed by atoms with Crippen molar-refractivity contribution in [2.24, 2.45) is 0 Å². The highest BCUT2D eigenvalue weighted by Crippen LogP contribution is 2.36. The molecule has 0 bridgehead atoms. The average molecular weight is 673 g/mol. The highest BCUT2D eigenvalue weighted by atomic mass is 32.2. The molecule has 1 aliphatic rings. The van der Waals surface area contributed by atoms with E-state index in [1.807, 2.05) is 0 Å². The first-order valence-corrected chi connectivity index (χ1v) is 16.5. The molecule has 2 N–H and O–H groups in total. The molecule has 0 atom stereocenters. The van der Waals surface area contributed by atoms with Crippen LogP contribution < -0.4 is 9.62 Å². The lowest BCUT2D eigenvalue weighted by atomic mass is 10.0. The van der Waals surface area contributed by atoms with Crippen molar-refractivity contribution in [3.63, 3.8) is 0 Å². The maximum atomic E-state index is 13.2. The average Bonchev–Trinajstić information content (AvgIpc) is 3.65. The lowest BCUT2D eigenvalue weighted by molar-refractivity contribution is -0.136. The number of nitrogens with zero attached hydrogens (tertiary/aromatic N) is 2. The largest absolute Gasteiger partial charge is 0.455 e. The molecule has 1 saturated heterocycles. The zero-order valence-corrected chi connectivity index (χ0v) is 26.6. The number of fused-ring (bicyclic) bond motifs is 2. The molecule has 14 heteroatoms. The van der Waals surface area contributed by atoms with Gasteiger partial charge in [0.25, 0.3) is 11.8 Å². The molecular formula is C33H32F4N4O5S. The quantitative estimate of drug-likeness (QED) is 0.199. The van der Waals surface area contributed by atoms with Crippen LogP contribution in [0.5, 0.6) is 0 Å². The van der Waals surface area contributed by atoms with Gasteiger partial charge in [-0.25, -0.2) is 12.8 Å². The second-order valence-corrected chi connectivity index (χ2v) is 13.1. The molecule has 248 valence electrons. The third kappa shape index (κ3) is 7.12. The summed E-state index contributed by atoms with van der Waals surface area (Å²) in [7, 11) is -0.503. The van der Waals surface area contributed by atoms with E-state index in [0.29, 0.717) is 52.0 Å². The van der Waals surface area contributed by atoms with Crippen molar-refractivity contribution in [2.45, 2.75) is 25.4 Å². The van der Waals surface area contributed by atoms with Gasteiger partial charge in [0.2, 0.25) is 10.0 Å². The first-order chi connectivity index (χ1) is 22.2. The molecule has 0 spiro atoms. The molecule has 3 heterocycles. The van der Waals surface area contributed by atoms with Crippen LogP contribution in [0.15, 0.2) is 71.1 Å². The first kappa shape index (κ1) is 33.5. The van der Waals surface area contributed by atoms with Gasteiger partial charge in [0.15, 0.2) is 0 Å². The van der Waals surface area contributed by atoms with E-state index < -0.39 is 27.6 Å². The number of benzene rings is 3. The smallest absolute Gasteiger partial charge is 0.418 e. The highest BCUT2D eigenvalue weighted by molar-refractivity contribution is 7.92. The van der Waals surface area contributed by atoms with E-state index >= 15 is 0 Å². The number of likely N-dealkylation sites (tertiary alicyclic amines) is 1. The number of piperidine rings is 1. The second-order valence-electron chi connectivity index (χ2n) is 11.1. The first-order valence-electron chi connectivity index (χ1n) is 14.7. The van der Waals surface area contributed by atoms with E-state index in [-0.39, 0.29) is 23.0 Å². The summed E-state index contributed by atoms with van der Waals surface area (Å²) in [4.78, 5) is 29.1. The minimum atomic E-state index is -4.43. The van der Waals surface area contributed by atoms with Gasteiger partial charge >= 0.3 is 6.18 Å². The molecule has 0 unspecified atom stereocenters. The number of carbonyl (C=O) groups is 2. The summed E-state index contributed by atoms with van der Waals surface area (Å²) in [5.74, 6) is -0.687. The van der Waals surface area contributed by atoms with E-state index in [1.54, 1.807) is 29.2 Å². The lowest BCUT2D eigenvalue weighted by Gasteiger charge is -2.26. The number of para-hydroxylation sites is 1. The predicted molar refractivity (Wildman–Crippen MR) is 171 cm³/mol. The Kier molecular flexibility index (Phi) is 9.34. The number of furan rings is 1. The van der Waals surface area contributed by atoms with Crippen LogP contribution in [0.2, 0.25) is 0 Å². The third-order valence-electron chi connectivity index (χ3n) is 7.93. The van der Waals surface area contributed by atoms with Gasteiger partial charge in [-0.05, 0) is 67.8 Å². The molecule has 6 rings (SSSR count). The van der Waals surface area contributed by atoms with Crippen LogP contribution in [0.3, 0.4) is 0 Å². The van der Waals surface area contributed by atoms with Crippen LogP contribution in [-0.4, -0.2) is 63.6 Å². The van der Waals surface area contributed by atoms with Crippen LogP contribution >= 0.6 is 0 Å². The van der Waals surface area contributed by atoms with Crippen LogP contribution in [-0.2, 0) is 16.2 Å². The summed E-state index contributed by atoms with van der Waals surface area (Å²) < 4.78 is 82.6. The van der Waals surface area contributed by atoms with Crippen molar-refractivity contribution in [1.29, 1.82) is 0 Å². The molecule has 47 heavy (non-hydrogen) atoms. The number of nitrogens with one attached hydrogen (secondary N) is 2. The number of sulfonamides is 1. The predicted octanol–water partition coefficient (Wildman–Crippen LogP) is 6.81. The standard InChI is InChI=1S/C18H17FN2O4S.C15H15F3N2O/c1-20-18(22)16-14-9-8-13(21(2)26(3,23)24)10-15(14)25-17(16)11-4-6-12(19)7-5-11;16-15(17,18)11-6-4-5-10-9-12(19-13(10)11)14(21)20-7-2-1-3-8-20/h4-10H,1-3H3,(H,20,22);4-6,9,19H,1-3,7-8H2. The van der Waals surface area contributed by atoms with Gasteiger partial charge in [-0.2, -0.15) is 13.2 Å². The Bertz CT molecular complexity index is 2050. The van der Waals surface area contributed by atoms with Crippen LogP contribution in [0.25, 0.3) is 33.2 Å². The Morgan fingerprint density at radius 2 is 1.66 bits per heavy atom. The summed E-state index contributed by atoms with van der Waals surface area (Å²) in [6, 6.07) is 15.8. The fraction of sp³-hybridized carbons (Fsp3) is 0.273. The molecule has 3 aromatic carbocycles. The second kappa shape index (κ2) is 13.1. The number of hydrogen-bond acceptors (Lipinski definition) is 5. The Hall–Kier alpha value is -4.85. The Balaban J connectivity index is 0.000000189. The number of halogens is 4. The molecular weight excluding hydrogens is 640 g/mol. The summed E-state index contributed by atoms with van der Waals surface area (Å²) in [5.41, 5.74) is 1.08. The number of alkyl halides is 3. The molecule has 0 aliphatic carbocycles. The van der Waals surface area contributed by atoms with E-state index in [9.17, 15) is 35.6 Å². The summed E-state index contributed by atoms with van der Waals surface area (Å²) in [6.07, 6.45) is -0.358. The fourth-order valence-corrected chi connectivity index (χ4v) is 5.90. The van der Waals surface area contributed by atoms with Crippen LogP contribution in [0, 0.1) is 5.82 Å². The van der Waals surface area contributed by atoms with Crippen molar-refractivity contribution in [3.8, 4) is 11.3 Å². The SMILES string of the molecule is CNC(=O)c1c(-c2ccc(F)cc2)oc2cc(N(C)S(C)(=O)=O)ccc12.O=C(c1cc2cccc(C(F)(F)F)c2[nH]1)N1CCCCC1. The number of H-pyrrole nitrogens is 1. The topological polar surface area (TPSA) is 116 Å². The van der Waals surface area contributed by atoms with Crippen molar-refractivity contribution < 1.29 is 40.0 Å². The van der Waals surface area contributed by atoms with Gasteiger partial charge < -0.3 is 19.6 Å². The van der Waals surface area contributed by atoms with Crippen molar-refractivity contribution in [2.75, 3.05) is 37.7 Å². The van der Waals surface area contributed by atoms with Gasteiger partial charge in [0, 0.05) is 49.6 Å². The van der Waals surface area contributed by atoms with Gasteiger partial charge in [-0.15, -0.1) is 0 Å². The third-order valence-corrected chi connectivity index (χ3v) is 9.14. The van der Waals surface area contributed by atoms with E-state index in [4.69, 9.17) is 4.42 Å². The van der Waals surface area contributed by atoms with Crippen molar-refractivity contribution in [3.05, 3.63) is 89.4 Å². The fourth-order valence-electron chi connectivity index (χ4n) is 5.40. The van der Waals surface area contributed by atoms with E-state index in [1.165, 1.54) is 50.5 Å². The molecule has 5 aromatic rings. The molecule has 1 fully saturated rings.